The largest absolute Gasteiger partial charge is 0.487 e. The van der Waals surface area contributed by atoms with Crippen LogP contribution in [0.2, 0.25) is 0 Å². The van der Waals surface area contributed by atoms with E-state index in [0.29, 0.717) is 27.9 Å². The Balaban J connectivity index is 2.21. The van der Waals surface area contributed by atoms with Crippen molar-refractivity contribution in [3.8, 4) is 16.9 Å². The van der Waals surface area contributed by atoms with E-state index in [0.717, 1.165) is 12.1 Å². The normalized spacial score (nSPS) is 12.2. The van der Waals surface area contributed by atoms with Gasteiger partial charge in [-0.3, -0.25) is 4.79 Å². The molecule has 0 aliphatic rings. The van der Waals surface area contributed by atoms with Crippen LogP contribution in [-0.2, 0) is 17.8 Å². The van der Waals surface area contributed by atoms with Crippen LogP contribution >= 0.6 is 15.9 Å². The summed E-state index contributed by atoms with van der Waals surface area (Å²) >= 11 is 3.26. The number of halogens is 3. The molecule has 2 aromatic carbocycles. The fraction of sp³-hybridized carbons (Fsp3) is 0.320. The molecule has 0 saturated heterocycles. The number of ether oxygens (including phenoxy) is 1. The quantitative estimate of drug-likeness (QED) is 0.404. The molecule has 0 saturated carbocycles. The van der Waals surface area contributed by atoms with E-state index in [-0.39, 0.29) is 22.4 Å². The lowest BCUT2D eigenvalue weighted by molar-refractivity contribution is 0.0719. The Morgan fingerprint density at radius 1 is 1.00 bits per heavy atom. The van der Waals surface area contributed by atoms with Crippen LogP contribution in [-0.4, -0.2) is 15.2 Å². The first kappa shape index (κ1) is 25.1. The Morgan fingerprint density at radius 2 is 1.58 bits per heavy atom. The molecule has 1 heterocycles. The zero-order valence-corrected chi connectivity index (χ0v) is 20.6. The summed E-state index contributed by atoms with van der Waals surface area (Å²) < 4.78 is 33.4. The van der Waals surface area contributed by atoms with E-state index in [9.17, 15) is 23.8 Å². The van der Waals surface area contributed by atoms with Gasteiger partial charge in [-0.15, -0.1) is 0 Å². The van der Waals surface area contributed by atoms with Crippen molar-refractivity contribution in [2.24, 2.45) is 0 Å². The number of aromatic nitrogens is 1. The molecule has 3 rings (SSSR count). The van der Waals surface area contributed by atoms with Gasteiger partial charge < -0.3 is 19.9 Å². The van der Waals surface area contributed by atoms with Gasteiger partial charge in [-0.25, -0.2) is 8.78 Å². The Hall–Kier alpha value is -2.55. The first-order valence-corrected chi connectivity index (χ1v) is 11.1. The highest BCUT2D eigenvalue weighted by atomic mass is 79.9. The van der Waals surface area contributed by atoms with E-state index in [1.807, 2.05) is 0 Å². The highest BCUT2D eigenvalue weighted by Gasteiger charge is 2.26. The van der Waals surface area contributed by atoms with Crippen molar-refractivity contribution in [3.63, 3.8) is 0 Å². The first-order valence-electron chi connectivity index (χ1n) is 10.3. The summed E-state index contributed by atoms with van der Waals surface area (Å²) in [5, 5.41) is 21.3. The van der Waals surface area contributed by atoms with Crippen molar-refractivity contribution in [2.45, 2.75) is 52.4 Å². The third-order valence-electron chi connectivity index (χ3n) is 5.32. The highest BCUT2D eigenvalue weighted by molar-refractivity contribution is 9.10. The fourth-order valence-electron chi connectivity index (χ4n) is 3.42. The Kier molecular flexibility index (Phi) is 6.84. The molecule has 0 fully saturated rings. The molecule has 3 N–H and O–H groups in total. The van der Waals surface area contributed by atoms with Crippen molar-refractivity contribution < 1.29 is 23.7 Å². The highest BCUT2D eigenvalue weighted by Crippen LogP contribution is 2.40. The van der Waals surface area contributed by atoms with Gasteiger partial charge in [0.05, 0.1) is 11.2 Å². The lowest BCUT2D eigenvalue weighted by Gasteiger charge is -2.25. The third-order valence-corrected chi connectivity index (χ3v) is 6.04. The lowest BCUT2D eigenvalue weighted by Crippen LogP contribution is -2.21. The van der Waals surface area contributed by atoms with Gasteiger partial charge in [0, 0.05) is 22.9 Å². The molecule has 5 nitrogen and oxygen atoms in total. The van der Waals surface area contributed by atoms with Crippen LogP contribution in [0.15, 0.2) is 45.7 Å². The molecular formula is C25H26BrF2NO4. The van der Waals surface area contributed by atoms with E-state index in [2.05, 4.69) is 20.9 Å². The summed E-state index contributed by atoms with van der Waals surface area (Å²) in [6.45, 7) is 7.96. The molecule has 0 aliphatic carbocycles. The average Bonchev–Trinajstić information content (AvgIpc) is 2.69. The number of aromatic amines is 1. The SMILES string of the molecule is Cc1[nH]c(=O)c(Br)c(OCc2ccc(F)cc2F)c1-c1cc(C(C)(C)O)cc(C(C)(C)O)c1. The van der Waals surface area contributed by atoms with Gasteiger partial charge in [0.2, 0.25) is 0 Å². The molecule has 176 valence electrons. The molecule has 0 bridgehead atoms. The number of hydrogen-bond acceptors (Lipinski definition) is 4. The third kappa shape index (κ3) is 5.51. The minimum absolute atomic E-state index is 0.101. The molecule has 1 aromatic heterocycles. The Bertz CT molecular complexity index is 1220. The number of H-pyrrole nitrogens is 1. The van der Waals surface area contributed by atoms with Gasteiger partial charge in [0.1, 0.15) is 28.5 Å². The van der Waals surface area contributed by atoms with Crippen molar-refractivity contribution in [3.05, 3.63) is 85.2 Å². The van der Waals surface area contributed by atoms with Gasteiger partial charge in [-0.1, -0.05) is 6.07 Å². The van der Waals surface area contributed by atoms with Crippen molar-refractivity contribution in [1.29, 1.82) is 0 Å². The number of aliphatic hydroxyl groups is 2. The monoisotopic (exact) mass is 521 g/mol. The second-order valence-electron chi connectivity index (χ2n) is 9.04. The minimum Gasteiger partial charge on any atom is -0.487 e. The van der Waals surface area contributed by atoms with Gasteiger partial charge in [0.15, 0.2) is 0 Å². The van der Waals surface area contributed by atoms with Crippen LogP contribution in [0.4, 0.5) is 8.78 Å². The molecule has 3 aromatic rings. The van der Waals surface area contributed by atoms with Crippen LogP contribution in [0.3, 0.4) is 0 Å². The first-order chi connectivity index (χ1) is 15.2. The van der Waals surface area contributed by atoms with Crippen LogP contribution < -0.4 is 10.3 Å². The number of benzene rings is 2. The van der Waals surface area contributed by atoms with E-state index >= 15 is 0 Å². The number of rotatable bonds is 6. The van der Waals surface area contributed by atoms with Gasteiger partial charge >= 0.3 is 0 Å². The maximum Gasteiger partial charge on any atom is 0.266 e. The van der Waals surface area contributed by atoms with E-state index in [4.69, 9.17) is 4.74 Å². The molecule has 0 atom stereocenters. The smallest absolute Gasteiger partial charge is 0.266 e. The summed E-state index contributed by atoms with van der Waals surface area (Å²) in [6.07, 6.45) is 0. The van der Waals surface area contributed by atoms with Crippen molar-refractivity contribution in [2.75, 3.05) is 0 Å². The molecule has 8 heteroatoms. The van der Waals surface area contributed by atoms with E-state index < -0.39 is 28.4 Å². The summed E-state index contributed by atoms with van der Waals surface area (Å²) in [5.41, 5.74) is -0.0716. The van der Waals surface area contributed by atoms with E-state index in [1.54, 1.807) is 52.8 Å². The molecule has 0 radical (unpaired) electrons. The second-order valence-corrected chi connectivity index (χ2v) is 9.83. The Labute approximate surface area is 199 Å². The molecule has 33 heavy (non-hydrogen) atoms. The average molecular weight is 522 g/mol. The standard InChI is InChI=1S/C25H26BrF2NO4/c1-13-20(15-8-16(24(2,3)31)10-17(9-15)25(4,5)32)22(21(26)23(30)29-13)33-12-14-6-7-18(27)11-19(14)28/h6-11,31-32H,12H2,1-5H3,(H,29,30). The second kappa shape index (κ2) is 9.00. The molecule has 0 unspecified atom stereocenters. The number of nitrogens with one attached hydrogen (secondary N) is 1. The number of pyridine rings is 1. The minimum atomic E-state index is -1.21. The predicted octanol–water partition coefficient (Wildman–Crippen LogP) is 5.42. The molecule has 0 amide bonds. The summed E-state index contributed by atoms with van der Waals surface area (Å²) in [7, 11) is 0. The number of aryl methyl sites for hydroxylation is 1. The van der Waals surface area contributed by atoms with E-state index in [1.165, 1.54) is 6.07 Å². The van der Waals surface area contributed by atoms with Crippen molar-refractivity contribution >= 4 is 15.9 Å². The fourth-order valence-corrected chi connectivity index (χ4v) is 3.83. The number of hydrogen-bond donors (Lipinski definition) is 3. The molecular weight excluding hydrogens is 496 g/mol. The van der Waals surface area contributed by atoms with Gasteiger partial charge in [0.25, 0.3) is 5.56 Å². The summed E-state index contributed by atoms with van der Waals surface area (Å²) in [6, 6.07) is 8.37. The van der Waals surface area contributed by atoms with Gasteiger partial charge in [-0.2, -0.15) is 0 Å². The molecule has 0 aliphatic heterocycles. The van der Waals surface area contributed by atoms with Crippen LogP contribution in [0, 0.1) is 18.6 Å². The summed E-state index contributed by atoms with van der Waals surface area (Å²) in [5.74, 6) is -1.30. The van der Waals surface area contributed by atoms with Gasteiger partial charge in [-0.05, 0) is 91.5 Å². The molecule has 0 spiro atoms. The van der Waals surface area contributed by atoms with Crippen molar-refractivity contribution in [1.82, 2.24) is 4.98 Å². The predicted molar refractivity (Wildman–Crippen MR) is 126 cm³/mol. The Morgan fingerprint density at radius 3 is 2.09 bits per heavy atom. The zero-order chi connectivity index (χ0) is 24.7. The maximum absolute atomic E-state index is 14.1. The van der Waals surface area contributed by atoms with Crippen LogP contribution in [0.1, 0.15) is 50.1 Å². The lowest BCUT2D eigenvalue weighted by atomic mass is 9.87. The van der Waals surface area contributed by atoms with Crippen LogP contribution in [0.25, 0.3) is 11.1 Å². The summed E-state index contributed by atoms with van der Waals surface area (Å²) in [4.78, 5) is 15.2. The zero-order valence-electron chi connectivity index (χ0n) is 19.0. The maximum atomic E-state index is 14.1. The van der Waals surface area contributed by atoms with Crippen LogP contribution in [0.5, 0.6) is 5.75 Å². The topological polar surface area (TPSA) is 82.6 Å².